The summed E-state index contributed by atoms with van der Waals surface area (Å²) in [6, 6.07) is 8.63. The molecular weight excluding hydrogens is 1180 g/mol. The van der Waals surface area contributed by atoms with E-state index in [9.17, 15) is 48.3 Å². The standard InChI is InChI=1S/C66H92N6O17S/c1-13-57(75)67-28-26-58(76)68-50-34-45(24-25-49(50)69-61(78)86-47-21-17-15-14-16-18-22-47)38-85-63(80)71(9)29-30-72(10)64(81)90-31-27-51(73)40(3)41(4)60(77)88-56-36-52(74)42(5)48-33-46(35-53(83-11)43(48)6)32-39(2)20-19-23-55(84-12)66(82)37-54(87-62(79)70-66)44(7)59-65(56,8)89-59/h17,19-21,23-25,33-35,40-42,44,47,54-56,59,82H,13-16,18,22,26-32,36-38H2,1-12H3,(H,67,75)(H,68,76)(H,69,78)(H,70,79)/b21-17+,23-19+,39-20+/t40?,41-,42?,44-,47?,54+,55?,56+,59+,65+,66?/m1/s1. The van der Waals surface area contributed by atoms with Crippen LogP contribution in [0.3, 0.4) is 0 Å². The molecule has 6 rings (SSSR count). The number of alkyl carbamates (subject to hydrolysis) is 1. The van der Waals surface area contributed by atoms with Crippen LogP contribution < -0.4 is 26.0 Å². The Hall–Kier alpha value is -7.28. The van der Waals surface area contributed by atoms with Gasteiger partial charge in [0.25, 0.3) is 5.24 Å². The van der Waals surface area contributed by atoms with Gasteiger partial charge in [-0.05, 0) is 99.4 Å². The fourth-order valence-electron chi connectivity index (χ4n) is 11.2. The summed E-state index contributed by atoms with van der Waals surface area (Å²) >= 11 is 0.907. The lowest BCUT2D eigenvalue weighted by atomic mass is 9.82. The molecule has 0 spiro atoms. The van der Waals surface area contributed by atoms with Crippen LogP contribution in [-0.4, -0.2) is 163 Å². The molecule has 2 aliphatic heterocycles. The molecule has 4 bridgehead atoms. The first kappa shape index (κ1) is 71.8. The number of allylic oxidation sites excluding steroid dienone is 4. The maximum Gasteiger partial charge on any atom is 0.412 e. The van der Waals surface area contributed by atoms with Gasteiger partial charge in [0.15, 0.2) is 5.72 Å². The molecule has 90 heavy (non-hydrogen) atoms. The minimum atomic E-state index is -1.87. The van der Waals surface area contributed by atoms with Crippen molar-refractivity contribution in [2.24, 2.45) is 17.8 Å². The van der Waals surface area contributed by atoms with Crippen molar-refractivity contribution in [3.05, 3.63) is 88.5 Å². The maximum atomic E-state index is 14.6. The summed E-state index contributed by atoms with van der Waals surface area (Å²) in [4.78, 5) is 123. The van der Waals surface area contributed by atoms with Crippen molar-refractivity contribution in [3.8, 4) is 5.75 Å². The smallest absolute Gasteiger partial charge is 0.412 e. The number of carbonyl (C=O) groups is 9. The maximum absolute atomic E-state index is 14.6. The van der Waals surface area contributed by atoms with E-state index in [4.69, 9.17) is 33.2 Å². The zero-order valence-electron chi connectivity index (χ0n) is 54.1. The van der Waals surface area contributed by atoms with Crippen LogP contribution in [-0.2, 0) is 65.4 Å². The summed E-state index contributed by atoms with van der Waals surface area (Å²) < 4.78 is 41.1. The molecule has 5 N–H and O–H groups in total. The number of anilines is 2. The lowest BCUT2D eigenvalue weighted by molar-refractivity contribution is -0.161. The Balaban J connectivity index is 1.03. The average Bonchev–Trinajstić information content (AvgIpc) is 1.57. The normalized spacial score (nSPS) is 26.2. The van der Waals surface area contributed by atoms with E-state index >= 15 is 0 Å². The molecule has 6 amide bonds. The van der Waals surface area contributed by atoms with E-state index < -0.39 is 95.7 Å². The number of Topliss-reactive ketones (excluding diaryl/α,β-unsaturated/α-hetero) is 2. The second kappa shape index (κ2) is 33.2. The highest BCUT2D eigenvalue weighted by atomic mass is 32.2. The lowest BCUT2D eigenvalue weighted by Gasteiger charge is -2.42. The predicted molar refractivity (Wildman–Crippen MR) is 339 cm³/mol. The average molecular weight is 1270 g/mol. The topological polar surface area (TPSA) is 296 Å². The summed E-state index contributed by atoms with van der Waals surface area (Å²) in [7, 11) is 6.06. The molecule has 11 atom stereocenters. The number of epoxide rings is 1. The van der Waals surface area contributed by atoms with Crippen molar-refractivity contribution in [3.63, 3.8) is 0 Å². The Morgan fingerprint density at radius 3 is 2.37 bits per heavy atom. The minimum absolute atomic E-state index is 0.0400. The van der Waals surface area contributed by atoms with Gasteiger partial charge in [0.1, 0.15) is 53.9 Å². The molecule has 2 aromatic carbocycles. The fraction of sp³-hybridized carbons (Fsp3) is 0.591. The molecule has 2 heterocycles. The van der Waals surface area contributed by atoms with Gasteiger partial charge in [0.05, 0.1) is 30.5 Å². The molecule has 2 aliphatic carbocycles. The summed E-state index contributed by atoms with van der Waals surface area (Å²) in [6.45, 7) is 14.1. The third-order valence-electron chi connectivity index (χ3n) is 17.3. The number of fused-ring (bicyclic) bond motifs is 5. The monoisotopic (exact) mass is 1270 g/mol. The van der Waals surface area contributed by atoms with Crippen LogP contribution in [0, 0.1) is 24.7 Å². The van der Waals surface area contributed by atoms with E-state index in [-0.39, 0.29) is 98.2 Å². The number of ether oxygens (including phenoxy) is 7. The third-order valence-corrected chi connectivity index (χ3v) is 18.3. The Morgan fingerprint density at radius 1 is 0.900 bits per heavy atom. The largest absolute Gasteiger partial charge is 0.496 e. The van der Waals surface area contributed by atoms with Crippen molar-refractivity contribution in [2.75, 3.05) is 64.3 Å². The molecule has 494 valence electrons. The summed E-state index contributed by atoms with van der Waals surface area (Å²) in [5, 5.41) is 22.2. The van der Waals surface area contributed by atoms with Crippen molar-refractivity contribution >= 4 is 76.0 Å². The Morgan fingerprint density at radius 2 is 1.64 bits per heavy atom. The minimum Gasteiger partial charge on any atom is -0.496 e. The van der Waals surface area contributed by atoms with E-state index in [0.29, 0.717) is 24.2 Å². The zero-order valence-corrected chi connectivity index (χ0v) is 54.9. The number of ketones is 2. The molecule has 2 saturated heterocycles. The van der Waals surface area contributed by atoms with Gasteiger partial charge in [-0.25, -0.2) is 14.4 Å². The van der Waals surface area contributed by atoms with E-state index in [1.165, 1.54) is 24.0 Å². The number of rotatable bonds is 21. The Labute approximate surface area is 532 Å². The van der Waals surface area contributed by atoms with Crippen molar-refractivity contribution < 1.29 is 81.4 Å². The molecule has 0 radical (unpaired) electrons. The summed E-state index contributed by atoms with van der Waals surface area (Å²) in [5.41, 5.74) is 1.17. The molecule has 0 saturated carbocycles. The number of amides is 6. The number of methoxy groups -OCH3 is 2. The number of carbonyl (C=O) groups excluding carboxylic acids is 9. The number of benzene rings is 2. The van der Waals surface area contributed by atoms with E-state index in [2.05, 4.69) is 21.3 Å². The molecule has 5 unspecified atom stereocenters. The number of aliphatic hydroxyl groups is 1. The third kappa shape index (κ3) is 19.9. The van der Waals surface area contributed by atoms with Gasteiger partial charge < -0.3 is 58.7 Å². The molecule has 2 fully saturated rings. The number of thioether (sulfide) groups is 1. The molecule has 4 aliphatic rings. The highest BCUT2D eigenvalue weighted by molar-refractivity contribution is 8.13. The Bertz CT molecular complexity index is 3020. The first-order valence-corrected chi connectivity index (χ1v) is 32.0. The first-order valence-electron chi connectivity index (χ1n) is 31.0. The summed E-state index contributed by atoms with van der Waals surface area (Å²) in [5.74, 6) is -4.32. The number of nitrogens with one attached hydrogen (secondary N) is 4. The number of esters is 1. The van der Waals surface area contributed by atoms with Gasteiger partial charge in [-0.3, -0.25) is 39.4 Å². The number of likely N-dealkylation sites (N-methyl/N-ethyl adjacent to an activating group) is 2. The van der Waals surface area contributed by atoms with E-state index in [0.717, 1.165) is 59.7 Å². The van der Waals surface area contributed by atoms with Crippen LogP contribution in [0.4, 0.5) is 30.6 Å². The Kier molecular flexibility index (Phi) is 26.5. The second-order valence-corrected chi connectivity index (χ2v) is 25.2. The van der Waals surface area contributed by atoms with Gasteiger partial charge in [-0.1, -0.05) is 94.8 Å². The van der Waals surface area contributed by atoms with Gasteiger partial charge >= 0.3 is 24.2 Å². The molecule has 0 aromatic heterocycles. The van der Waals surface area contributed by atoms with Crippen molar-refractivity contribution in [2.45, 2.75) is 180 Å². The lowest BCUT2D eigenvalue weighted by Crippen LogP contribution is -2.63. The van der Waals surface area contributed by atoms with Crippen LogP contribution in [0.15, 0.2) is 66.3 Å². The van der Waals surface area contributed by atoms with Crippen molar-refractivity contribution in [1.82, 2.24) is 20.4 Å². The van der Waals surface area contributed by atoms with Crippen LogP contribution in [0.1, 0.15) is 141 Å². The number of nitrogens with zero attached hydrogens (tertiary/aromatic N) is 2. The predicted octanol–water partition coefficient (Wildman–Crippen LogP) is 9.61. The number of hydrogen-bond donors (Lipinski definition) is 5. The van der Waals surface area contributed by atoms with E-state index in [1.807, 2.05) is 44.2 Å². The quantitative estimate of drug-likeness (QED) is 0.0336. The van der Waals surface area contributed by atoms with Gasteiger partial charge in [-0.2, -0.15) is 0 Å². The van der Waals surface area contributed by atoms with Gasteiger partial charge in [0, 0.05) is 96.5 Å². The SMILES string of the molecule is CCC(=O)NCCC(=O)Nc1cc(COC(=O)N(C)CCN(C)C(=O)SCCC(=O)C(C)[C@@H](C)C(=O)O[C@H]2CC(=O)C(C)c3cc(cc(OC)c3C)C/C(C)=C/C=C/C(OC)C3(O)C[C@H](OC(=O)N3)[C@@H](C)[C@@H]3O[C@@]23C)ccc1NC(=O)OC1/C=C/CCCCC1. The van der Waals surface area contributed by atoms with Crippen LogP contribution in [0.25, 0.3) is 0 Å². The highest BCUT2D eigenvalue weighted by Gasteiger charge is 2.64. The van der Waals surface area contributed by atoms with Crippen LogP contribution in [0.5, 0.6) is 5.75 Å². The van der Waals surface area contributed by atoms with E-state index in [1.54, 1.807) is 86.1 Å². The van der Waals surface area contributed by atoms with Crippen LogP contribution >= 0.6 is 11.8 Å². The molecule has 23 nitrogen and oxygen atoms in total. The zero-order chi connectivity index (χ0) is 66.0. The van der Waals surface area contributed by atoms with Crippen molar-refractivity contribution in [1.29, 1.82) is 0 Å². The van der Waals surface area contributed by atoms with Gasteiger partial charge in [0.2, 0.25) is 11.8 Å². The highest BCUT2D eigenvalue weighted by Crippen LogP contribution is 2.49. The van der Waals surface area contributed by atoms with Gasteiger partial charge in [-0.15, -0.1) is 0 Å². The number of hydrogen-bond acceptors (Lipinski definition) is 18. The molecular formula is C66H92N6O17S. The first-order chi connectivity index (χ1) is 42.7. The second-order valence-electron chi connectivity index (χ2n) is 24.2. The summed E-state index contributed by atoms with van der Waals surface area (Å²) in [6.07, 6.45) is 7.69. The van der Waals surface area contributed by atoms with Crippen LogP contribution in [0.2, 0.25) is 0 Å². The molecule has 24 heteroatoms. The molecule has 2 aromatic rings. The fourth-order valence-corrected chi connectivity index (χ4v) is 12.0.